The molecule has 9 heteroatoms. The first-order chi connectivity index (χ1) is 8.35. The zero-order valence-electron chi connectivity index (χ0n) is 9.51. The first-order valence-electron chi connectivity index (χ1n) is 4.95. The zero-order chi connectivity index (χ0) is 13.8. The van der Waals surface area contributed by atoms with Gasteiger partial charge in [-0.3, -0.25) is 10.1 Å². The van der Waals surface area contributed by atoms with E-state index in [1.54, 1.807) is 0 Å². The Hall–Kier alpha value is -1.38. The lowest BCUT2D eigenvalue weighted by molar-refractivity contribution is -0.384. The normalized spacial score (nSPS) is 11.2. The highest BCUT2D eigenvalue weighted by atomic mass is 35.5. The molecule has 0 aliphatic heterocycles. The van der Waals surface area contributed by atoms with Crippen molar-refractivity contribution in [1.82, 2.24) is 4.72 Å². The number of anilines is 1. The summed E-state index contributed by atoms with van der Waals surface area (Å²) < 4.78 is 24.5. The topological polar surface area (TPSA) is 101 Å². The van der Waals surface area contributed by atoms with Crippen LogP contribution in [0.4, 0.5) is 11.4 Å². The maximum Gasteiger partial charge on any atom is 0.271 e. The largest absolute Gasteiger partial charge is 0.383 e. The smallest absolute Gasteiger partial charge is 0.271 e. The summed E-state index contributed by atoms with van der Waals surface area (Å²) in [6, 6.07) is 3.93. The Labute approximate surface area is 109 Å². The Kier molecular flexibility index (Phi) is 4.88. The molecule has 0 atom stereocenters. The molecule has 100 valence electrons. The third-order valence-corrected chi connectivity index (χ3v) is 3.84. The SMILES string of the molecule is CNS(=O)(=O)CCNc1ccc([N+](=O)[O-])cc1Cl. The standard InChI is InChI=1S/C9H12ClN3O4S/c1-11-18(16,17)5-4-12-9-3-2-7(13(14)15)6-8(9)10/h2-3,6,11-12H,4-5H2,1H3. The van der Waals surface area contributed by atoms with Gasteiger partial charge in [0.05, 0.1) is 21.4 Å². The molecule has 0 aromatic heterocycles. The van der Waals surface area contributed by atoms with E-state index >= 15 is 0 Å². The molecule has 0 bridgehead atoms. The molecule has 1 aromatic rings. The van der Waals surface area contributed by atoms with Crippen LogP contribution in [0.3, 0.4) is 0 Å². The number of sulfonamides is 1. The van der Waals surface area contributed by atoms with E-state index in [9.17, 15) is 18.5 Å². The second-order valence-electron chi connectivity index (χ2n) is 3.37. The van der Waals surface area contributed by atoms with E-state index in [0.29, 0.717) is 5.69 Å². The van der Waals surface area contributed by atoms with Crippen molar-refractivity contribution in [2.24, 2.45) is 0 Å². The number of nitro benzene ring substituents is 1. The van der Waals surface area contributed by atoms with Gasteiger partial charge in [0.15, 0.2) is 0 Å². The van der Waals surface area contributed by atoms with Gasteiger partial charge in [0.2, 0.25) is 10.0 Å². The highest BCUT2D eigenvalue weighted by Crippen LogP contribution is 2.26. The average molecular weight is 294 g/mol. The predicted octanol–water partition coefficient (Wildman–Crippen LogP) is 1.21. The molecular weight excluding hydrogens is 282 g/mol. The molecule has 0 aliphatic rings. The minimum atomic E-state index is -3.29. The highest BCUT2D eigenvalue weighted by molar-refractivity contribution is 7.89. The number of nitro groups is 1. The molecule has 0 radical (unpaired) electrons. The summed E-state index contributed by atoms with van der Waals surface area (Å²) in [5.41, 5.74) is 0.335. The minimum absolute atomic E-state index is 0.114. The summed E-state index contributed by atoms with van der Waals surface area (Å²) >= 11 is 5.83. The van der Waals surface area contributed by atoms with Crippen molar-refractivity contribution in [3.63, 3.8) is 0 Å². The molecule has 0 unspecified atom stereocenters. The van der Waals surface area contributed by atoms with Crippen molar-refractivity contribution in [2.45, 2.75) is 0 Å². The Morgan fingerprint density at radius 3 is 2.61 bits per heavy atom. The number of halogens is 1. The fraction of sp³-hybridized carbons (Fsp3) is 0.333. The van der Waals surface area contributed by atoms with E-state index in [0.717, 1.165) is 0 Å². The number of hydrogen-bond donors (Lipinski definition) is 2. The monoisotopic (exact) mass is 293 g/mol. The van der Waals surface area contributed by atoms with Crippen LogP contribution in [0.25, 0.3) is 0 Å². The predicted molar refractivity (Wildman–Crippen MR) is 69.4 cm³/mol. The molecule has 18 heavy (non-hydrogen) atoms. The Morgan fingerprint density at radius 2 is 2.11 bits per heavy atom. The van der Waals surface area contributed by atoms with Gasteiger partial charge >= 0.3 is 0 Å². The van der Waals surface area contributed by atoms with Crippen molar-refractivity contribution < 1.29 is 13.3 Å². The van der Waals surface area contributed by atoms with Crippen LogP contribution in [-0.4, -0.2) is 32.7 Å². The fourth-order valence-electron chi connectivity index (χ4n) is 1.18. The quantitative estimate of drug-likeness (QED) is 0.606. The molecule has 1 rings (SSSR count). The van der Waals surface area contributed by atoms with E-state index in [2.05, 4.69) is 10.0 Å². The van der Waals surface area contributed by atoms with Crippen LogP contribution in [0.1, 0.15) is 0 Å². The maximum absolute atomic E-state index is 11.1. The summed E-state index contributed by atoms with van der Waals surface area (Å²) in [5, 5.41) is 13.5. The van der Waals surface area contributed by atoms with E-state index in [4.69, 9.17) is 11.6 Å². The van der Waals surface area contributed by atoms with Gasteiger partial charge in [-0.25, -0.2) is 13.1 Å². The van der Waals surface area contributed by atoms with E-state index < -0.39 is 14.9 Å². The third kappa shape index (κ3) is 4.13. The summed E-state index contributed by atoms with van der Waals surface area (Å²) in [5.74, 6) is -0.114. The number of hydrogen-bond acceptors (Lipinski definition) is 5. The Bertz CT molecular complexity index is 547. The van der Waals surface area contributed by atoms with Crippen molar-refractivity contribution in [3.8, 4) is 0 Å². The molecule has 0 saturated heterocycles. The molecule has 0 aliphatic carbocycles. The van der Waals surface area contributed by atoms with E-state index in [-0.39, 0.29) is 23.0 Å². The summed E-state index contributed by atoms with van der Waals surface area (Å²) in [4.78, 5) is 9.93. The van der Waals surface area contributed by atoms with Gasteiger partial charge in [-0.2, -0.15) is 0 Å². The van der Waals surface area contributed by atoms with Gasteiger partial charge < -0.3 is 5.32 Å². The molecule has 1 aromatic carbocycles. The van der Waals surface area contributed by atoms with Crippen LogP contribution in [-0.2, 0) is 10.0 Å². The molecular formula is C9H12ClN3O4S. The molecule has 0 heterocycles. The summed E-state index contributed by atoms with van der Waals surface area (Å²) in [6.45, 7) is 0.153. The second kappa shape index (κ2) is 5.98. The lowest BCUT2D eigenvalue weighted by Gasteiger charge is -2.08. The van der Waals surface area contributed by atoms with Gasteiger partial charge in [0.25, 0.3) is 5.69 Å². The van der Waals surface area contributed by atoms with Crippen LogP contribution >= 0.6 is 11.6 Å². The van der Waals surface area contributed by atoms with Crippen LogP contribution in [0.15, 0.2) is 18.2 Å². The van der Waals surface area contributed by atoms with Gasteiger partial charge in [-0.05, 0) is 13.1 Å². The lowest BCUT2D eigenvalue weighted by atomic mass is 10.3. The molecule has 7 nitrogen and oxygen atoms in total. The van der Waals surface area contributed by atoms with Crippen molar-refractivity contribution in [1.29, 1.82) is 0 Å². The molecule has 0 saturated carbocycles. The van der Waals surface area contributed by atoms with Crippen molar-refractivity contribution >= 4 is 33.0 Å². The first-order valence-corrected chi connectivity index (χ1v) is 6.98. The lowest BCUT2D eigenvalue weighted by Crippen LogP contribution is -2.26. The minimum Gasteiger partial charge on any atom is -0.383 e. The molecule has 0 spiro atoms. The maximum atomic E-state index is 11.1. The summed E-state index contributed by atoms with van der Waals surface area (Å²) in [6.07, 6.45) is 0. The van der Waals surface area contributed by atoms with Crippen LogP contribution in [0, 0.1) is 10.1 Å². The van der Waals surface area contributed by atoms with Gasteiger partial charge in [-0.15, -0.1) is 0 Å². The van der Waals surface area contributed by atoms with Crippen molar-refractivity contribution in [3.05, 3.63) is 33.3 Å². The van der Waals surface area contributed by atoms with Gasteiger partial charge in [0.1, 0.15) is 0 Å². The number of nitrogens with one attached hydrogen (secondary N) is 2. The molecule has 2 N–H and O–H groups in total. The van der Waals surface area contributed by atoms with Crippen LogP contribution < -0.4 is 10.0 Å². The molecule has 0 amide bonds. The number of rotatable bonds is 6. The first kappa shape index (κ1) is 14.7. The van der Waals surface area contributed by atoms with Crippen LogP contribution in [0.5, 0.6) is 0 Å². The number of non-ortho nitro benzene ring substituents is 1. The number of benzene rings is 1. The number of nitrogens with zero attached hydrogens (tertiary/aromatic N) is 1. The molecule has 0 fully saturated rings. The Balaban J connectivity index is 2.67. The van der Waals surface area contributed by atoms with Crippen molar-refractivity contribution in [2.75, 3.05) is 24.7 Å². The summed E-state index contributed by atoms with van der Waals surface area (Å²) in [7, 11) is -1.96. The van der Waals surface area contributed by atoms with Gasteiger partial charge in [0, 0.05) is 18.7 Å². The van der Waals surface area contributed by atoms with Crippen LogP contribution in [0.2, 0.25) is 5.02 Å². The van der Waals surface area contributed by atoms with E-state index in [1.807, 2.05) is 0 Å². The van der Waals surface area contributed by atoms with Gasteiger partial charge in [-0.1, -0.05) is 11.6 Å². The second-order valence-corrected chi connectivity index (χ2v) is 5.82. The van der Waals surface area contributed by atoms with E-state index in [1.165, 1.54) is 25.2 Å². The highest BCUT2D eigenvalue weighted by Gasteiger charge is 2.10. The Morgan fingerprint density at radius 1 is 1.44 bits per heavy atom. The third-order valence-electron chi connectivity index (χ3n) is 2.16. The fourth-order valence-corrected chi connectivity index (χ4v) is 2.00. The zero-order valence-corrected chi connectivity index (χ0v) is 11.1. The average Bonchev–Trinajstić information content (AvgIpc) is 2.31.